The van der Waals surface area contributed by atoms with Gasteiger partial charge in [-0.2, -0.15) is 0 Å². The van der Waals surface area contributed by atoms with Gasteiger partial charge in [-0.15, -0.1) is 0 Å². The number of ether oxygens (including phenoxy) is 3. The molecule has 9 rings (SSSR count). The molecule has 0 unspecified atom stereocenters. The van der Waals surface area contributed by atoms with Gasteiger partial charge >= 0.3 is 0 Å². The minimum Gasteiger partial charge on any atom is -0.458 e. The Balaban J connectivity index is 1.32. The third kappa shape index (κ3) is 3.14. The van der Waals surface area contributed by atoms with Crippen LogP contribution in [0.2, 0.25) is 0 Å². The van der Waals surface area contributed by atoms with Crippen molar-refractivity contribution in [2.24, 2.45) is 0 Å². The Morgan fingerprint density at radius 3 is 0.800 bits per heavy atom. The molecule has 3 heterocycles. The largest absolute Gasteiger partial charge is 0.458 e. The molecule has 4 heteroatoms. The quantitative estimate of drug-likeness (QED) is 0.229. The maximum Gasteiger partial charge on any atom is 0.270 e. The maximum atomic E-state index is 6.71. The molecule has 186 valence electrons. The third-order valence-corrected chi connectivity index (χ3v) is 8.16. The van der Waals surface area contributed by atoms with Gasteiger partial charge in [0.2, 0.25) is 0 Å². The van der Waals surface area contributed by atoms with E-state index in [0.717, 1.165) is 84.3 Å². The Labute approximate surface area is 232 Å². The summed E-state index contributed by atoms with van der Waals surface area (Å²) in [4.78, 5) is 0. The van der Waals surface area contributed by atoms with E-state index in [0.29, 0.717) is 0 Å². The summed E-state index contributed by atoms with van der Waals surface area (Å²) >= 11 is 0. The molecule has 0 N–H and O–H groups in total. The summed E-state index contributed by atoms with van der Waals surface area (Å²) in [6.07, 6.45) is 0. The topological polar surface area (TPSA) is 27.7 Å². The fraction of sp³-hybridized carbons (Fsp3) is 0. The fourth-order valence-corrected chi connectivity index (χ4v) is 6.34. The van der Waals surface area contributed by atoms with Gasteiger partial charge in [0.1, 0.15) is 34.5 Å². The van der Waals surface area contributed by atoms with Crippen molar-refractivity contribution in [2.45, 2.75) is 0 Å². The van der Waals surface area contributed by atoms with E-state index >= 15 is 0 Å². The summed E-state index contributed by atoms with van der Waals surface area (Å²) in [5, 5.41) is 0. The predicted molar refractivity (Wildman–Crippen MR) is 161 cm³/mol. The lowest BCUT2D eigenvalue weighted by Gasteiger charge is -2.38. The molecule has 0 aliphatic carbocycles. The molecule has 6 aromatic rings. The first-order chi connectivity index (χ1) is 19.8. The molecule has 40 heavy (non-hydrogen) atoms. The monoisotopic (exact) mass is 512 g/mol. The summed E-state index contributed by atoms with van der Waals surface area (Å²) in [6.45, 7) is -0.0317. The van der Waals surface area contributed by atoms with Crippen molar-refractivity contribution in [1.29, 1.82) is 0 Å². The molecule has 6 aromatic carbocycles. The Bertz CT molecular complexity index is 1670. The zero-order valence-corrected chi connectivity index (χ0v) is 21.4. The van der Waals surface area contributed by atoms with Crippen LogP contribution >= 0.6 is 0 Å². The van der Waals surface area contributed by atoms with E-state index in [9.17, 15) is 0 Å². The highest BCUT2D eigenvalue weighted by Crippen LogP contribution is 2.46. The van der Waals surface area contributed by atoms with Crippen molar-refractivity contribution >= 4 is 23.1 Å². The normalized spacial score (nSPS) is 13.1. The number of hydrogen-bond acceptors (Lipinski definition) is 3. The van der Waals surface area contributed by atoms with Crippen LogP contribution in [-0.4, -0.2) is 6.71 Å². The van der Waals surface area contributed by atoms with Crippen LogP contribution in [0, 0.1) is 0 Å². The minimum absolute atomic E-state index is 0.0317. The average Bonchev–Trinajstić information content (AvgIpc) is 3.01. The van der Waals surface area contributed by atoms with Gasteiger partial charge in [-0.05, 0) is 69.8 Å². The minimum atomic E-state index is -0.0317. The Hall–Kier alpha value is -5.22. The van der Waals surface area contributed by atoms with Gasteiger partial charge in [-0.25, -0.2) is 0 Å². The molecular formula is C36H21BO3. The lowest BCUT2D eigenvalue weighted by Crippen LogP contribution is -2.59. The second kappa shape index (κ2) is 8.14. The van der Waals surface area contributed by atoms with Crippen LogP contribution in [0.4, 0.5) is 0 Å². The molecule has 3 aliphatic heterocycles. The number of benzene rings is 6. The second-order valence-electron chi connectivity index (χ2n) is 10.5. The molecule has 3 aliphatic rings. The van der Waals surface area contributed by atoms with E-state index < -0.39 is 0 Å². The highest BCUT2D eigenvalue weighted by atomic mass is 16.5. The van der Waals surface area contributed by atoms with Crippen molar-refractivity contribution in [2.75, 3.05) is 0 Å². The first-order valence-corrected chi connectivity index (χ1v) is 13.5. The molecular weight excluding hydrogens is 491 g/mol. The summed E-state index contributed by atoms with van der Waals surface area (Å²) in [5.41, 5.74) is 9.73. The zero-order valence-electron chi connectivity index (χ0n) is 21.4. The van der Waals surface area contributed by atoms with Crippen molar-refractivity contribution in [1.82, 2.24) is 0 Å². The van der Waals surface area contributed by atoms with Crippen LogP contribution < -0.4 is 30.6 Å². The van der Waals surface area contributed by atoms with Gasteiger partial charge in [0.25, 0.3) is 6.71 Å². The van der Waals surface area contributed by atoms with Crippen molar-refractivity contribution in [3.63, 3.8) is 0 Å². The van der Waals surface area contributed by atoms with Gasteiger partial charge in [0.05, 0.1) is 0 Å². The van der Waals surface area contributed by atoms with E-state index in [1.807, 2.05) is 18.2 Å². The highest BCUT2D eigenvalue weighted by Gasteiger charge is 2.47. The maximum absolute atomic E-state index is 6.71. The van der Waals surface area contributed by atoms with Gasteiger partial charge in [-0.3, -0.25) is 0 Å². The van der Waals surface area contributed by atoms with Crippen LogP contribution in [0.15, 0.2) is 127 Å². The van der Waals surface area contributed by atoms with Gasteiger partial charge in [0, 0.05) is 16.4 Å². The van der Waals surface area contributed by atoms with E-state index in [1.54, 1.807) is 0 Å². The number of rotatable bonds is 3. The molecule has 0 atom stereocenters. The molecule has 0 fully saturated rings. The third-order valence-electron chi connectivity index (χ3n) is 8.16. The first kappa shape index (κ1) is 21.7. The van der Waals surface area contributed by atoms with E-state index in [-0.39, 0.29) is 6.71 Å². The molecule has 0 aromatic heterocycles. The second-order valence-corrected chi connectivity index (χ2v) is 10.5. The summed E-state index contributed by atoms with van der Waals surface area (Å²) in [5.74, 6) is 4.98. The molecule has 0 radical (unpaired) electrons. The van der Waals surface area contributed by atoms with Crippen molar-refractivity contribution < 1.29 is 14.2 Å². The van der Waals surface area contributed by atoms with Gasteiger partial charge in [0.15, 0.2) is 0 Å². The Morgan fingerprint density at radius 2 is 0.550 bits per heavy atom. The Morgan fingerprint density at radius 1 is 0.300 bits per heavy atom. The standard InChI is InChI=1S/C36H21BO3/c1-4-10-22(11-5-1)25-16-28-34-29(17-25)39-31-19-27(24-14-8-3-9-15-24)21-33-36(31)37(34)35-30(38-28)18-26(20-32(35)40-33)23-12-6-2-7-13-23/h1-21H. The SMILES string of the molecule is c1ccc(-c2cc3c4c(c2)Oc2cc(-c5ccccc5)cc5c2B4c2c(cc(-c4ccccc4)cc2O5)O3)cc1. The van der Waals surface area contributed by atoms with Crippen molar-refractivity contribution in [3.05, 3.63) is 127 Å². The summed E-state index contributed by atoms with van der Waals surface area (Å²) in [7, 11) is 0. The predicted octanol–water partition coefficient (Wildman–Crippen LogP) is 7.52. The fourth-order valence-electron chi connectivity index (χ4n) is 6.34. The molecule has 3 nitrogen and oxygen atoms in total. The van der Waals surface area contributed by atoms with Crippen LogP contribution in [0.1, 0.15) is 0 Å². The number of hydrogen-bond donors (Lipinski definition) is 0. The molecule has 0 spiro atoms. The smallest absolute Gasteiger partial charge is 0.270 e. The summed E-state index contributed by atoms with van der Waals surface area (Å²) < 4.78 is 20.1. The first-order valence-electron chi connectivity index (χ1n) is 13.5. The zero-order chi connectivity index (χ0) is 26.2. The van der Waals surface area contributed by atoms with Crippen LogP contribution in [0.25, 0.3) is 33.4 Å². The molecule has 0 amide bonds. The molecule has 0 saturated carbocycles. The molecule has 0 saturated heterocycles. The van der Waals surface area contributed by atoms with E-state index in [1.165, 1.54) is 0 Å². The Kier molecular flexibility index (Phi) is 4.41. The van der Waals surface area contributed by atoms with E-state index in [4.69, 9.17) is 14.2 Å². The lowest BCUT2D eigenvalue weighted by molar-refractivity contribution is 0.443. The lowest BCUT2D eigenvalue weighted by atomic mass is 9.33. The van der Waals surface area contributed by atoms with Crippen molar-refractivity contribution in [3.8, 4) is 67.9 Å². The highest BCUT2D eigenvalue weighted by molar-refractivity contribution is 6.99. The van der Waals surface area contributed by atoms with Gasteiger partial charge < -0.3 is 14.2 Å². The van der Waals surface area contributed by atoms with E-state index in [2.05, 4.69) is 109 Å². The van der Waals surface area contributed by atoms with Gasteiger partial charge in [-0.1, -0.05) is 91.0 Å². The van der Waals surface area contributed by atoms with Crippen LogP contribution in [-0.2, 0) is 0 Å². The average molecular weight is 512 g/mol. The van der Waals surface area contributed by atoms with Crippen LogP contribution in [0.3, 0.4) is 0 Å². The molecule has 0 bridgehead atoms. The summed E-state index contributed by atoms with van der Waals surface area (Å²) in [6, 6.07) is 44.0. The van der Waals surface area contributed by atoms with Crippen LogP contribution in [0.5, 0.6) is 34.5 Å².